The SMILES string of the molecule is CCn1nc(C(C)C)c2c(Cl)nc(Cl)nc21. The Hall–Kier alpha value is -0.870. The van der Waals surface area contributed by atoms with E-state index in [4.69, 9.17) is 23.2 Å². The molecule has 0 bridgehead atoms. The number of halogens is 2. The smallest absolute Gasteiger partial charge is 0.225 e. The number of aryl methyl sites for hydroxylation is 1. The molecule has 0 N–H and O–H groups in total. The maximum absolute atomic E-state index is 6.09. The van der Waals surface area contributed by atoms with Gasteiger partial charge in [-0.25, -0.2) is 9.67 Å². The Balaban J connectivity index is 2.85. The summed E-state index contributed by atoms with van der Waals surface area (Å²) < 4.78 is 1.80. The fourth-order valence-electron chi connectivity index (χ4n) is 1.66. The number of rotatable bonds is 2. The van der Waals surface area contributed by atoms with E-state index in [0.717, 1.165) is 17.6 Å². The van der Waals surface area contributed by atoms with Crippen molar-refractivity contribution in [3.8, 4) is 0 Å². The number of hydrogen-bond donors (Lipinski definition) is 0. The molecule has 4 nitrogen and oxygen atoms in total. The summed E-state index contributed by atoms with van der Waals surface area (Å²) in [6, 6.07) is 0. The first-order valence-electron chi connectivity index (χ1n) is 5.14. The zero-order valence-electron chi connectivity index (χ0n) is 9.33. The van der Waals surface area contributed by atoms with Crippen molar-refractivity contribution < 1.29 is 0 Å². The highest BCUT2D eigenvalue weighted by atomic mass is 35.5. The van der Waals surface area contributed by atoms with E-state index in [1.807, 2.05) is 6.92 Å². The summed E-state index contributed by atoms with van der Waals surface area (Å²) in [5, 5.41) is 5.82. The van der Waals surface area contributed by atoms with Gasteiger partial charge in [0.1, 0.15) is 5.15 Å². The third kappa shape index (κ3) is 1.76. The first-order valence-corrected chi connectivity index (χ1v) is 5.89. The average Bonchev–Trinajstić information content (AvgIpc) is 2.56. The van der Waals surface area contributed by atoms with Gasteiger partial charge in [0.2, 0.25) is 5.28 Å². The third-order valence-corrected chi connectivity index (χ3v) is 2.84. The van der Waals surface area contributed by atoms with Gasteiger partial charge in [-0.05, 0) is 24.4 Å². The van der Waals surface area contributed by atoms with Crippen LogP contribution in [0.2, 0.25) is 10.4 Å². The van der Waals surface area contributed by atoms with Crippen molar-refractivity contribution in [2.45, 2.75) is 33.2 Å². The quantitative estimate of drug-likeness (QED) is 0.614. The van der Waals surface area contributed by atoms with Gasteiger partial charge in [-0.15, -0.1) is 0 Å². The molecule has 2 heterocycles. The Morgan fingerprint density at radius 1 is 1.25 bits per heavy atom. The van der Waals surface area contributed by atoms with Gasteiger partial charge in [0, 0.05) is 6.54 Å². The van der Waals surface area contributed by atoms with E-state index in [0.29, 0.717) is 10.8 Å². The van der Waals surface area contributed by atoms with Crippen LogP contribution in [0.4, 0.5) is 0 Å². The van der Waals surface area contributed by atoms with Crippen molar-refractivity contribution in [3.05, 3.63) is 16.1 Å². The lowest BCUT2D eigenvalue weighted by atomic mass is 10.1. The normalized spacial score (nSPS) is 11.6. The van der Waals surface area contributed by atoms with Gasteiger partial charge in [0.15, 0.2) is 5.65 Å². The summed E-state index contributed by atoms with van der Waals surface area (Å²) in [5.74, 6) is 0.276. The van der Waals surface area contributed by atoms with Crippen LogP contribution in [0.15, 0.2) is 0 Å². The average molecular weight is 259 g/mol. The maximum Gasteiger partial charge on any atom is 0.225 e. The molecular formula is C10H12Cl2N4. The summed E-state index contributed by atoms with van der Waals surface area (Å²) in [5.41, 5.74) is 1.62. The van der Waals surface area contributed by atoms with Crippen molar-refractivity contribution in [2.24, 2.45) is 0 Å². The van der Waals surface area contributed by atoms with Crippen LogP contribution in [0, 0.1) is 0 Å². The molecule has 0 aliphatic heterocycles. The molecule has 16 heavy (non-hydrogen) atoms. The molecule has 0 saturated carbocycles. The Morgan fingerprint density at radius 3 is 2.50 bits per heavy atom. The van der Waals surface area contributed by atoms with E-state index >= 15 is 0 Å². The standard InChI is InChI=1S/C10H12Cl2N4/c1-4-16-9-6(7(15-16)5(2)3)8(11)13-10(12)14-9/h5H,4H2,1-3H3. The lowest BCUT2D eigenvalue weighted by Crippen LogP contribution is -1.99. The molecule has 0 spiro atoms. The molecule has 0 amide bonds. The Labute approximate surface area is 104 Å². The molecule has 2 aromatic heterocycles. The van der Waals surface area contributed by atoms with Crippen LogP contribution in [0.3, 0.4) is 0 Å². The Bertz CT molecular complexity index is 533. The van der Waals surface area contributed by atoms with Crippen molar-refractivity contribution in [1.82, 2.24) is 19.7 Å². The monoisotopic (exact) mass is 258 g/mol. The Morgan fingerprint density at radius 2 is 1.94 bits per heavy atom. The molecule has 6 heteroatoms. The minimum Gasteiger partial charge on any atom is -0.247 e. The highest BCUT2D eigenvalue weighted by Gasteiger charge is 2.18. The van der Waals surface area contributed by atoms with E-state index in [2.05, 4.69) is 28.9 Å². The predicted molar refractivity (Wildman–Crippen MR) is 65.1 cm³/mol. The lowest BCUT2D eigenvalue weighted by molar-refractivity contribution is 0.649. The second-order valence-corrected chi connectivity index (χ2v) is 4.53. The fraction of sp³-hybridized carbons (Fsp3) is 0.500. The molecule has 0 unspecified atom stereocenters. The predicted octanol–water partition coefficient (Wildman–Crippen LogP) is 3.28. The van der Waals surface area contributed by atoms with Crippen LogP contribution >= 0.6 is 23.2 Å². The largest absolute Gasteiger partial charge is 0.247 e. The summed E-state index contributed by atoms with van der Waals surface area (Å²) in [7, 11) is 0. The van der Waals surface area contributed by atoms with Gasteiger partial charge in [0.05, 0.1) is 11.1 Å². The number of hydrogen-bond acceptors (Lipinski definition) is 3. The van der Waals surface area contributed by atoms with Gasteiger partial charge in [-0.1, -0.05) is 25.4 Å². The first-order chi connectivity index (χ1) is 7.54. The number of nitrogens with zero attached hydrogens (tertiary/aromatic N) is 4. The molecule has 0 aromatic carbocycles. The van der Waals surface area contributed by atoms with Crippen molar-refractivity contribution in [1.29, 1.82) is 0 Å². The van der Waals surface area contributed by atoms with Gasteiger partial charge in [-0.2, -0.15) is 10.1 Å². The molecule has 86 valence electrons. The van der Waals surface area contributed by atoms with E-state index in [1.54, 1.807) is 4.68 Å². The Kier molecular flexibility index (Phi) is 3.04. The molecule has 2 aromatic rings. The van der Waals surface area contributed by atoms with E-state index < -0.39 is 0 Å². The van der Waals surface area contributed by atoms with Crippen molar-refractivity contribution in [2.75, 3.05) is 0 Å². The third-order valence-electron chi connectivity index (χ3n) is 2.39. The summed E-state index contributed by atoms with van der Waals surface area (Å²) in [4.78, 5) is 8.14. The van der Waals surface area contributed by atoms with Gasteiger partial charge >= 0.3 is 0 Å². The van der Waals surface area contributed by atoms with Crippen molar-refractivity contribution >= 4 is 34.2 Å². The topological polar surface area (TPSA) is 43.6 Å². The molecule has 0 fully saturated rings. The molecule has 2 rings (SSSR count). The minimum atomic E-state index is 0.155. The second kappa shape index (κ2) is 4.18. The zero-order valence-corrected chi connectivity index (χ0v) is 10.8. The van der Waals surface area contributed by atoms with Crippen LogP contribution in [0.25, 0.3) is 11.0 Å². The van der Waals surface area contributed by atoms with Crippen LogP contribution in [0.1, 0.15) is 32.4 Å². The maximum atomic E-state index is 6.09. The highest BCUT2D eigenvalue weighted by Crippen LogP contribution is 2.29. The van der Waals surface area contributed by atoms with Crippen LogP contribution in [-0.4, -0.2) is 19.7 Å². The summed E-state index contributed by atoms with van der Waals surface area (Å²) >= 11 is 11.9. The molecule has 0 aliphatic rings. The number of fused-ring (bicyclic) bond motifs is 1. The lowest BCUT2D eigenvalue weighted by Gasteiger charge is -2.00. The molecule has 0 atom stereocenters. The van der Waals surface area contributed by atoms with E-state index in [9.17, 15) is 0 Å². The van der Waals surface area contributed by atoms with Gasteiger partial charge in [0.25, 0.3) is 0 Å². The van der Waals surface area contributed by atoms with Crippen LogP contribution in [-0.2, 0) is 6.54 Å². The first kappa shape index (κ1) is 11.6. The molecular weight excluding hydrogens is 247 g/mol. The van der Waals surface area contributed by atoms with E-state index in [-0.39, 0.29) is 11.2 Å². The number of aromatic nitrogens is 4. The second-order valence-electron chi connectivity index (χ2n) is 3.84. The molecule has 0 saturated heterocycles. The highest BCUT2D eigenvalue weighted by molar-refractivity contribution is 6.35. The van der Waals surface area contributed by atoms with Crippen LogP contribution < -0.4 is 0 Å². The zero-order chi connectivity index (χ0) is 11.9. The van der Waals surface area contributed by atoms with Gasteiger partial charge in [-0.3, -0.25) is 0 Å². The minimum absolute atomic E-state index is 0.155. The summed E-state index contributed by atoms with van der Waals surface area (Å²) in [6.45, 7) is 6.85. The fourth-order valence-corrected chi connectivity index (χ4v) is 2.13. The molecule has 0 radical (unpaired) electrons. The van der Waals surface area contributed by atoms with Gasteiger partial charge < -0.3 is 0 Å². The molecule has 0 aliphatic carbocycles. The van der Waals surface area contributed by atoms with Crippen molar-refractivity contribution in [3.63, 3.8) is 0 Å². The van der Waals surface area contributed by atoms with E-state index in [1.165, 1.54) is 0 Å². The van der Waals surface area contributed by atoms with Crippen LogP contribution in [0.5, 0.6) is 0 Å². The summed E-state index contributed by atoms with van der Waals surface area (Å²) in [6.07, 6.45) is 0.